The summed E-state index contributed by atoms with van der Waals surface area (Å²) in [5, 5.41) is 6.46. The predicted octanol–water partition coefficient (Wildman–Crippen LogP) is 6.41. The minimum absolute atomic E-state index is 0.245. The maximum atomic E-state index is 13.0. The molecule has 40 heavy (non-hydrogen) atoms. The molecule has 12 heteroatoms. The van der Waals surface area contributed by atoms with Crippen LogP contribution >= 0.6 is 0 Å². The normalized spacial score (nSPS) is 11.3. The third-order valence-electron chi connectivity index (χ3n) is 6.06. The van der Waals surface area contributed by atoms with Crippen LogP contribution in [0.5, 0.6) is 17.2 Å². The number of para-hydroxylation sites is 1. The second-order valence-electron chi connectivity index (χ2n) is 8.67. The summed E-state index contributed by atoms with van der Waals surface area (Å²) in [4.78, 5) is 13.8. The summed E-state index contributed by atoms with van der Waals surface area (Å²) in [6, 6.07) is 17.9. The van der Waals surface area contributed by atoms with E-state index in [1.807, 2.05) is 30.3 Å². The van der Waals surface area contributed by atoms with Crippen molar-refractivity contribution in [3.8, 4) is 17.2 Å². The van der Waals surface area contributed by atoms with Crippen LogP contribution in [0.3, 0.4) is 0 Å². The summed E-state index contributed by atoms with van der Waals surface area (Å²) in [7, 11) is 4.56. The number of methoxy groups -OCH3 is 3. The Balaban J connectivity index is 1.55. The molecule has 0 atom stereocenters. The lowest BCUT2D eigenvalue weighted by molar-refractivity contribution is -0.137. The second-order valence-corrected chi connectivity index (χ2v) is 8.67. The number of aromatic nitrogens is 4. The molecule has 0 fully saturated rings. The van der Waals surface area contributed by atoms with Gasteiger partial charge in [-0.3, -0.25) is 0 Å². The Morgan fingerprint density at radius 2 is 1.48 bits per heavy atom. The Labute approximate surface area is 227 Å². The van der Waals surface area contributed by atoms with Crippen molar-refractivity contribution in [3.63, 3.8) is 0 Å². The molecule has 0 unspecified atom stereocenters. The first-order valence-electron chi connectivity index (χ1n) is 12.1. The van der Waals surface area contributed by atoms with Crippen LogP contribution in [0, 0.1) is 0 Å². The van der Waals surface area contributed by atoms with Crippen LogP contribution in [0.1, 0.15) is 11.1 Å². The molecule has 0 amide bonds. The van der Waals surface area contributed by atoms with Crippen molar-refractivity contribution in [2.24, 2.45) is 0 Å². The number of nitrogens with zero attached hydrogens (tertiary/aromatic N) is 4. The van der Waals surface area contributed by atoms with Gasteiger partial charge in [0.1, 0.15) is 0 Å². The highest BCUT2D eigenvalue weighted by Crippen LogP contribution is 2.40. The Kier molecular flexibility index (Phi) is 7.32. The van der Waals surface area contributed by atoms with Gasteiger partial charge in [0.2, 0.25) is 11.7 Å². The van der Waals surface area contributed by atoms with Gasteiger partial charge in [-0.1, -0.05) is 30.3 Å². The van der Waals surface area contributed by atoms with Crippen LogP contribution < -0.4 is 24.8 Å². The SMILES string of the molecule is COc1cc(Nc2nc(Nc3ccccc3)c3ncn(Cc4ccc(C(F)(F)F)cc4)c3n2)cc(OC)c1OC. The standard InChI is InChI=1S/C28H25F3N6O3/c1-38-21-13-20(14-22(39-2)24(21)40-3)34-27-35-25(33-19-7-5-4-6-8-19)23-26(36-27)37(16-32-23)15-17-9-11-18(12-10-17)28(29,30)31/h4-14,16H,15H2,1-3H3,(H2,33,34,35,36). The number of alkyl halides is 3. The van der Waals surface area contributed by atoms with E-state index in [-0.39, 0.29) is 12.5 Å². The molecule has 0 aliphatic rings. The third-order valence-corrected chi connectivity index (χ3v) is 6.06. The summed E-state index contributed by atoms with van der Waals surface area (Å²) in [6.45, 7) is 0.250. The lowest BCUT2D eigenvalue weighted by atomic mass is 10.1. The Hall–Kier alpha value is -5.00. The molecule has 0 bridgehead atoms. The topological polar surface area (TPSA) is 95.4 Å². The molecule has 0 aliphatic carbocycles. The monoisotopic (exact) mass is 550 g/mol. The largest absolute Gasteiger partial charge is 0.493 e. The maximum absolute atomic E-state index is 13.0. The van der Waals surface area contributed by atoms with Gasteiger partial charge in [0.25, 0.3) is 0 Å². The minimum Gasteiger partial charge on any atom is -0.493 e. The number of fused-ring (bicyclic) bond motifs is 1. The van der Waals surface area contributed by atoms with Crippen molar-refractivity contribution in [3.05, 3.63) is 84.2 Å². The summed E-state index contributed by atoms with van der Waals surface area (Å²) < 4.78 is 57.1. The Morgan fingerprint density at radius 3 is 2.08 bits per heavy atom. The van der Waals surface area contributed by atoms with Gasteiger partial charge in [-0.05, 0) is 29.8 Å². The lowest BCUT2D eigenvalue weighted by Crippen LogP contribution is -2.07. The Morgan fingerprint density at radius 1 is 0.800 bits per heavy atom. The number of rotatable bonds is 9. The van der Waals surface area contributed by atoms with Crippen LogP contribution in [0.4, 0.5) is 36.3 Å². The Bertz CT molecular complexity index is 1600. The molecular formula is C28H25F3N6O3. The molecular weight excluding hydrogens is 525 g/mol. The number of anilines is 4. The zero-order valence-corrected chi connectivity index (χ0v) is 21.8. The van der Waals surface area contributed by atoms with Crippen LogP contribution in [0.15, 0.2) is 73.1 Å². The predicted molar refractivity (Wildman–Crippen MR) is 145 cm³/mol. The van der Waals surface area contributed by atoms with E-state index in [0.717, 1.165) is 17.8 Å². The van der Waals surface area contributed by atoms with E-state index in [1.165, 1.54) is 33.5 Å². The van der Waals surface area contributed by atoms with Gasteiger partial charge in [0.05, 0.1) is 39.8 Å². The number of hydrogen-bond acceptors (Lipinski definition) is 8. The first-order chi connectivity index (χ1) is 19.3. The summed E-state index contributed by atoms with van der Waals surface area (Å²) in [5.74, 6) is 2.01. The number of hydrogen-bond donors (Lipinski definition) is 2. The zero-order valence-electron chi connectivity index (χ0n) is 21.8. The van der Waals surface area contributed by atoms with Crippen molar-refractivity contribution >= 4 is 34.3 Å². The van der Waals surface area contributed by atoms with Crippen LogP contribution in [0.2, 0.25) is 0 Å². The lowest BCUT2D eigenvalue weighted by Gasteiger charge is -2.15. The first-order valence-corrected chi connectivity index (χ1v) is 12.1. The van der Waals surface area contributed by atoms with Gasteiger partial charge >= 0.3 is 6.18 Å². The van der Waals surface area contributed by atoms with Crippen molar-refractivity contribution < 1.29 is 27.4 Å². The van der Waals surface area contributed by atoms with Crippen molar-refractivity contribution in [2.45, 2.75) is 12.7 Å². The molecule has 0 spiro atoms. The van der Waals surface area contributed by atoms with Gasteiger partial charge in [-0.25, -0.2) is 4.98 Å². The van der Waals surface area contributed by atoms with Crippen molar-refractivity contribution in [1.29, 1.82) is 0 Å². The quantitative estimate of drug-likeness (QED) is 0.218. The third kappa shape index (κ3) is 5.55. The zero-order chi connectivity index (χ0) is 28.3. The fourth-order valence-corrected chi connectivity index (χ4v) is 4.14. The molecule has 2 aromatic heterocycles. The van der Waals surface area contributed by atoms with E-state index < -0.39 is 11.7 Å². The smallest absolute Gasteiger partial charge is 0.416 e. The number of halogens is 3. The highest BCUT2D eigenvalue weighted by Gasteiger charge is 2.30. The van der Waals surface area contributed by atoms with Gasteiger partial charge in [0, 0.05) is 23.5 Å². The maximum Gasteiger partial charge on any atom is 0.416 e. The van der Waals surface area contributed by atoms with E-state index in [1.54, 1.807) is 23.0 Å². The van der Waals surface area contributed by atoms with Crippen LogP contribution in [-0.4, -0.2) is 40.8 Å². The van der Waals surface area contributed by atoms with Gasteiger partial charge in [-0.2, -0.15) is 23.1 Å². The van der Waals surface area contributed by atoms with Crippen LogP contribution in [-0.2, 0) is 12.7 Å². The fraction of sp³-hybridized carbons (Fsp3) is 0.179. The molecule has 0 saturated heterocycles. The van der Waals surface area contributed by atoms with E-state index in [2.05, 4.69) is 25.6 Å². The summed E-state index contributed by atoms with van der Waals surface area (Å²) in [6.07, 6.45) is -2.82. The number of benzene rings is 3. The van der Waals surface area contributed by atoms with Gasteiger partial charge in [-0.15, -0.1) is 0 Å². The van der Waals surface area contributed by atoms with E-state index >= 15 is 0 Å². The van der Waals surface area contributed by atoms with E-state index in [9.17, 15) is 13.2 Å². The molecule has 9 nitrogen and oxygen atoms in total. The van der Waals surface area contributed by atoms with Crippen LogP contribution in [0.25, 0.3) is 11.2 Å². The first kappa shape index (κ1) is 26.6. The average Bonchev–Trinajstić information content (AvgIpc) is 3.35. The second kappa shape index (κ2) is 11.0. The molecule has 2 N–H and O–H groups in total. The molecule has 5 aromatic rings. The van der Waals surface area contributed by atoms with E-state index in [0.29, 0.717) is 45.5 Å². The molecule has 3 aromatic carbocycles. The summed E-state index contributed by atoms with van der Waals surface area (Å²) >= 11 is 0. The molecule has 2 heterocycles. The highest BCUT2D eigenvalue weighted by atomic mass is 19.4. The summed E-state index contributed by atoms with van der Waals surface area (Å²) in [5.41, 5.74) is 2.28. The van der Waals surface area contributed by atoms with Gasteiger partial charge < -0.3 is 29.4 Å². The number of imidazole rings is 1. The number of ether oxygens (including phenoxy) is 3. The molecule has 0 saturated carbocycles. The number of nitrogens with one attached hydrogen (secondary N) is 2. The minimum atomic E-state index is -4.40. The van der Waals surface area contributed by atoms with E-state index in [4.69, 9.17) is 14.2 Å². The average molecular weight is 551 g/mol. The molecule has 0 radical (unpaired) electrons. The molecule has 206 valence electrons. The van der Waals surface area contributed by atoms with Crippen molar-refractivity contribution in [1.82, 2.24) is 19.5 Å². The molecule has 5 rings (SSSR count). The van der Waals surface area contributed by atoms with Crippen molar-refractivity contribution in [2.75, 3.05) is 32.0 Å². The molecule has 0 aliphatic heterocycles. The highest BCUT2D eigenvalue weighted by molar-refractivity contribution is 5.87. The fourth-order valence-electron chi connectivity index (χ4n) is 4.14. The van der Waals surface area contributed by atoms with Gasteiger partial charge in [0.15, 0.2) is 28.5 Å².